The predicted molar refractivity (Wildman–Crippen MR) is 68.9 cm³/mol. The van der Waals surface area contributed by atoms with Crippen LogP contribution in [0.5, 0.6) is 0 Å². The highest BCUT2D eigenvalue weighted by Gasteiger charge is 2.46. The molecule has 17 heavy (non-hydrogen) atoms. The van der Waals surface area contributed by atoms with Crippen LogP contribution in [0.4, 0.5) is 0 Å². The van der Waals surface area contributed by atoms with Gasteiger partial charge in [0.05, 0.1) is 6.10 Å². The lowest BCUT2D eigenvalue weighted by atomic mass is 9.69. The summed E-state index contributed by atoms with van der Waals surface area (Å²) in [6.45, 7) is 0. The molecule has 2 aliphatic carbocycles. The first kappa shape index (κ1) is 11.2. The first-order valence-electron chi connectivity index (χ1n) is 6.68. The lowest BCUT2D eigenvalue weighted by Crippen LogP contribution is -2.38. The Kier molecular flexibility index (Phi) is 2.72. The molecule has 1 aromatic rings. The zero-order valence-electron chi connectivity index (χ0n) is 10.4. The van der Waals surface area contributed by atoms with Gasteiger partial charge in [0.25, 0.3) is 0 Å². The fourth-order valence-electron chi connectivity index (χ4n) is 3.70. The van der Waals surface area contributed by atoms with Crippen molar-refractivity contribution in [2.24, 2.45) is 5.41 Å². The van der Waals surface area contributed by atoms with Gasteiger partial charge < -0.3 is 10.4 Å². The van der Waals surface area contributed by atoms with Crippen LogP contribution in [-0.2, 0) is 6.42 Å². The number of fused-ring (bicyclic) bond motifs is 1. The summed E-state index contributed by atoms with van der Waals surface area (Å²) in [6.07, 6.45) is 5.52. The van der Waals surface area contributed by atoms with Crippen molar-refractivity contribution in [1.82, 2.24) is 5.32 Å². The molecule has 2 N–H and O–H groups in total. The third-order valence-electron chi connectivity index (χ3n) is 4.86. The van der Waals surface area contributed by atoms with Crippen molar-refractivity contribution in [2.75, 3.05) is 7.05 Å². The van der Waals surface area contributed by atoms with Crippen LogP contribution in [0.15, 0.2) is 24.3 Å². The van der Waals surface area contributed by atoms with Gasteiger partial charge in [-0.25, -0.2) is 0 Å². The maximum absolute atomic E-state index is 10.6. The highest BCUT2D eigenvalue weighted by Crippen LogP contribution is 2.53. The first-order valence-corrected chi connectivity index (χ1v) is 6.68. The van der Waals surface area contributed by atoms with Crippen LogP contribution in [-0.4, -0.2) is 18.2 Å². The van der Waals surface area contributed by atoms with E-state index >= 15 is 0 Å². The van der Waals surface area contributed by atoms with Crippen LogP contribution >= 0.6 is 0 Å². The molecule has 1 aromatic carbocycles. The average molecular weight is 231 g/mol. The van der Waals surface area contributed by atoms with Gasteiger partial charge in [0, 0.05) is 11.5 Å². The number of rotatable bonds is 1. The van der Waals surface area contributed by atoms with E-state index in [0.29, 0.717) is 6.04 Å². The normalized spacial score (nSPS) is 36.1. The number of hydrogen-bond acceptors (Lipinski definition) is 2. The molecule has 0 aromatic heterocycles. The van der Waals surface area contributed by atoms with Gasteiger partial charge >= 0.3 is 0 Å². The van der Waals surface area contributed by atoms with Crippen LogP contribution < -0.4 is 5.32 Å². The smallest absolute Gasteiger partial charge is 0.0852 e. The number of benzene rings is 1. The quantitative estimate of drug-likeness (QED) is 0.778. The standard InChI is InChI=1S/C15H21NO/c1-16-12-6-8-15(9-7-12)10-11-4-2-3-5-13(11)14(15)17/h2-5,12,14,16-17H,6-10H2,1H3. The van der Waals surface area contributed by atoms with Gasteiger partial charge in [-0.3, -0.25) is 0 Å². The Morgan fingerprint density at radius 3 is 2.59 bits per heavy atom. The summed E-state index contributed by atoms with van der Waals surface area (Å²) in [5.74, 6) is 0. The van der Waals surface area contributed by atoms with Gasteiger partial charge in [0.1, 0.15) is 0 Å². The molecule has 92 valence electrons. The van der Waals surface area contributed by atoms with Crippen molar-refractivity contribution in [3.05, 3.63) is 35.4 Å². The molecule has 1 saturated carbocycles. The summed E-state index contributed by atoms with van der Waals surface area (Å²) in [6, 6.07) is 9.05. The molecule has 1 spiro atoms. The summed E-state index contributed by atoms with van der Waals surface area (Å²) in [7, 11) is 2.04. The van der Waals surface area contributed by atoms with Crippen LogP contribution in [0, 0.1) is 5.41 Å². The molecule has 1 fully saturated rings. The van der Waals surface area contributed by atoms with Crippen LogP contribution in [0.25, 0.3) is 0 Å². The number of nitrogens with one attached hydrogen (secondary N) is 1. The van der Waals surface area contributed by atoms with Crippen LogP contribution in [0.3, 0.4) is 0 Å². The molecule has 0 saturated heterocycles. The van der Waals surface area contributed by atoms with Crippen LogP contribution in [0.2, 0.25) is 0 Å². The Morgan fingerprint density at radius 2 is 1.94 bits per heavy atom. The zero-order chi connectivity index (χ0) is 11.9. The third-order valence-corrected chi connectivity index (χ3v) is 4.86. The lowest BCUT2D eigenvalue weighted by molar-refractivity contribution is 0.00402. The van der Waals surface area contributed by atoms with E-state index in [1.807, 2.05) is 13.1 Å². The predicted octanol–water partition coefficient (Wildman–Crippen LogP) is 2.42. The SMILES string of the molecule is CNC1CCC2(CC1)Cc1ccccc1C2O. The number of hydrogen-bond donors (Lipinski definition) is 2. The third kappa shape index (κ3) is 1.71. The summed E-state index contributed by atoms with van der Waals surface area (Å²) in [5, 5.41) is 14.0. The monoisotopic (exact) mass is 231 g/mol. The largest absolute Gasteiger partial charge is 0.388 e. The van der Waals surface area contributed by atoms with Crippen LogP contribution in [0.1, 0.15) is 42.9 Å². The molecule has 0 bridgehead atoms. The van der Waals surface area contributed by atoms with E-state index in [1.54, 1.807) is 0 Å². The molecule has 2 heteroatoms. The summed E-state index contributed by atoms with van der Waals surface area (Å²) < 4.78 is 0. The molecular formula is C15H21NO. The molecule has 2 nitrogen and oxygen atoms in total. The maximum Gasteiger partial charge on any atom is 0.0852 e. The van der Waals surface area contributed by atoms with Gasteiger partial charge in [-0.2, -0.15) is 0 Å². The van der Waals surface area contributed by atoms with E-state index in [0.717, 1.165) is 19.3 Å². The number of aliphatic hydroxyl groups excluding tert-OH is 1. The minimum atomic E-state index is -0.239. The van der Waals surface area contributed by atoms with Crippen molar-refractivity contribution in [2.45, 2.75) is 44.2 Å². The van der Waals surface area contributed by atoms with E-state index in [2.05, 4.69) is 23.5 Å². The minimum absolute atomic E-state index is 0.136. The Labute approximate surface area is 103 Å². The number of aliphatic hydroxyl groups is 1. The Morgan fingerprint density at radius 1 is 1.24 bits per heavy atom. The van der Waals surface area contributed by atoms with E-state index in [1.165, 1.54) is 24.0 Å². The molecule has 1 atom stereocenters. The lowest BCUT2D eigenvalue weighted by Gasteiger charge is -2.39. The van der Waals surface area contributed by atoms with Gasteiger partial charge in [-0.05, 0) is 50.3 Å². The van der Waals surface area contributed by atoms with E-state index < -0.39 is 0 Å². The van der Waals surface area contributed by atoms with E-state index in [9.17, 15) is 5.11 Å². The maximum atomic E-state index is 10.6. The summed E-state index contributed by atoms with van der Waals surface area (Å²) in [4.78, 5) is 0. The second kappa shape index (κ2) is 4.11. The Bertz CT molecular complexity index is 407. The van der Waals surface area contributed by atoms with Crippen molar-refractivity contribution in [3.8, 4) is 0 Å². The first-order chi connectivity index (χ1) is 8.25. The highest BCUT2D eigenvalue weighted by molar-refractivity contribution is 5.37. The topological polar surface area (TPSA) is 32.3 Å². The van der Waals surface area contributed by atoms with Gasteiger partial charge in [-0.15, -0.1) is 0 Å². The second-order valence-electron chi connectivity index (χ2n) is 5.70. The fraction of sp³-hybridized carbons (Fsp3) is 0.600. The highest BCUT2D eigenvalue weighted by atomic mass is 16.3. The molecule has 0 amide bonds. The second-order valence-corrected chi connectivity index (χ2v) is 5.70. The molecule has 2 aliphatic rings. The zero-order valence-corrected chi connectivity index (χ0v) is 10.4. The van der Waals surface area contributed by atoms with Gasteiger partial charge in [0.15, 0.2) is 0 Å². The molecule has 3 rings (SSSR count). The van der Waals surface area contributed by atoms with E-state index in [-0.39, 0.29) is 11.5 Å². The van der Waals surface area contributed by atoms with Gasteiger partial charge in [-0.1, -0.05) is 24.3 Å². The van der Waals surface area contributed by atoms with Crippen molar-refractivity contribution < 1.29 is 5.11 Å². The van der Waals surface area contributed by atoms with Crippen molar-refractivity contribution in [3.63, 3.8) is 0 Å². The van der Waals surface area contributed by atoms with Gasteiger partial charge in [0.2, 0.25) is 0 Å². The Hall–Kier alpha value is -0.860. The van der Waals surface area contributed by atoms with Crippen molar-refractivity contribution >= 4 is 0 Å². The van der Waals surface area contributed by atoms with Crippen molar-refractivity contribution in [1.29, 1.82) is 0 Å². The average Bonchev–Trinajstić information content (AvgIpc) is 2.65. The fourth-order valence-corrected chi connectivity index (χ4v) is 3.70. The Balaban J connectivity index is 1.84. The molecule has 0 heterocycles. The minimum Gasteiger partial charge on any atom is -0.388 e. The molecule has 0 radical (unpaired) electrons. The molecular weight excluding hydrogens is 210 g/mol. The van der Waals surface area contributed by atoms with E-state index in [4.69, 9.17) is 0 Å². The molecule has 1 unspecified atom stereocenters. The summed E-state index contributed by atoms with van der Waals surface area (Å²) >= 11 is 0. The summed E-state index contributed by atoms with van der Waals surface area (Å²) in [5.41, 5.74) is 2.68. The molecule has 0 aliphatic heterocycles.